The fraction of sp³-hybridized carbons (Fsp3) is 0.467. The molecular weight excluding hydrogens is 256 g/mol. The van der Waals surface area contributed by atoms with Gasteiger partial charge < -0.3 is 15.3 Å². The van der Waals surface area contributed by atoms with Gasteiger partial charge in [0.15, 0.2) is 0 Å². The van der Waals surface area contributed by atoms with Crippen LogP contribution in [0.1, 0.15) is 31.7 Å². The zero-order valence-electron chi connectivity index (χ0n) is 11.6. The largest absolute Gasteiger partial charge is 0.393 e. The number of aliphatic hydroxyl groups excluding tert-OH is 1. The Labute approximate surface area is 118 Å². The number of hydrogen-bond acceptors (Lipinski definition) is 4. The number of carbonyl (C=O) groups excluding carboxylic acids is 1. The Kier molecular flexibility index (Phi) is 5.12. The van der Waals surface area contributed by atoms with E-state index in [-0.39, 0.29) is 12.0 Å². The Balaban J connectivity index is 1.78. The molecule has 1 aromatic carbocycles. The molecule has 1 amide bonds. The zero-order chi connectivity index (χ0) is 14.4. The SMILES string of the molecule is CCC(O)CCNC(=O)C1CC(c2ccccc2)=NO1. The molecule has 0 bridgehead atoms. The first-order chi connectivity index (χ1) is 9.70. The fourth-order valence-corrected chi connectivity index (χ4v) is 2.00. The number of carbonyl (C=O) groups is 1. The van der Waals surface area contributed by atoms with Crippen molar-refractivity contribution in [3.63, 3.8) is 0 Å². The van der Waals surface area contributed by atoms with E-state index in [4.69, 9.17) is 4.84 Å². The van der Waals surface area contributed by atoms with Crippen LogP contribution in [0.4, 0.5) is 0 Å². The summed E-state index contributed by atoms with van der Waals surface area (Å²) in [6.07, 6.45) is 0.796. The summed E-state index contributed by atoms with van der Waals surface area (Å²) >= 11 is 0. The number of oxime groups is 1. The normalized spacial score (nSPS) is 19.1. The van der Waals surface area contributed by atoms with Crippen LogP contribution in [-0.4, -0.2) is 35.5 Å². The minimum atomic E-state index is -0.566. The van der Waals surface area contributed by atoms with E-state index in [0.29, 0.717) is 25.8 Å². The van der Waals surface area contributed by atoms with Gasteiger partial charge in [-0.1, -0.05) is 42.4 Å². The molecule has 1 aliphatic heterocycles. The van der Waals surface area contributed by atoms with Crippen molar-refractivity contribution in [3.8, 4) is 0 Å². The summed E-state index contributed by atoms with van der Waals surface area (Å²) in [5.41, 5.74) is 1.77. The molecule has 108 valence electrons. The number of amides is 1. The Hall–Kier alpha value is -1.88. The van der Waals surface area contributed by atoms with Crippen molar-refractivity contribution < 1.29 is 14.7 Å². The molecule has 1 aromatic rings. The van der Waals surface area contributed by atoms with Crippen LogP contribution in [-0.2, 0) is 9.63 Å². The van der Waals surface area contributed by atoms with Crippen molar-refractivity contribution in [2.24, 2.45) is 5.16 Å². The van der Waals surface area contributed by atoms with E-state index in [1.165, 1.54) is 0 Å². The summed E-state index contributed by atoms with van der Waals surface area (Å²) < 4.78 is 0. The molecule has 2 N–H and O–H groups in total. The first kappa shape index (κ1) is 14.5. The van der Waals surface area contributed by atoms with E-state index in [0.717, 1.165) is 11.3 Å². The molecule has 2 unspecified atom stereocenters. The van der Waals surface area contributed by atoms with E-state index in [2.05, 4.69) is 10.5 Å². The van der Waals surface area contributed by atoms with Crippen LogP contribution in [0.25, 0.3) is 0 Å². The minimum Gasteiger partial charge on any atom is -0.393 e. The molecule has 2 rings (SSSR count). The third-order valence-electron chi connectivity index (χ3n) is 3.32. The van der Waals surface area contributed by atoms with Crippen molar-refractivity contribution in [3.05, 3.63) is 35.9 Å². The number of nitrogens with zero attached hydrogens (tertiary/aromatic N) is 1. The molecular formula is C15H20N2O3. The van der Waals surface area contributed by atoms with E-state index in [1.807, 2.05) is 37.3 Å². The van der Waals surface area contributed by atoms with E-state index in [9.17, 15) is 9.90 Å². The predicted octanol–water partition coefficient (Wildman–Crippen LogP) is 1.46. The summed E-state index contributed by atoms with van der Waals surface area (Å²) in [5.74, 6) is -0.178. The third-order valence-corrected chi connectivity index (χ3v) is 3.32. The maximum absolute atomic E-state index is 11.9. The molecule has 0 fully saturated rings. The van der Waals surface area contributed by atoms with Gasteiger partial charge in [0.2, 0.25) is 6.10 Å². The quantitative estimate of drug-likeness (QED) is 0.826. The average Bonchev–Trinajstić information content (AvgIpc) is 2.97. The van der Waals surface area contributed by atoms with Gasteiger partial charge in [-0.15, -0.1) is 0 Å². The first-order valence-electron chi connectivity index (χ1n) is 6.94. The molecule has 1 aliphatic rings. The Morgan fingerprint density at radius 1 is 1.50 bits per heavy atom. The lowest BCUT2D eigenvalue weighted by atomic mass is 10.0. The Bertz CT molecular complexity index is 473. The average molecular weight is 276 g/mol. The second-order valence-electron chi connectivity index (χ2n) is 4.84. The lowest BCUT2D eigenvalue weighted by Gasteiger charge is -2.11. The van der Waals surface area contributed by atoms with Crippen molar-refractivity contribution in [1.82, 2.24) is 5.32 Å². The summed E-state index contributed by atoms with van der Waals surface area (Å²) in [6.45, 7) is 2.36. The fourth-order valence-electron chi connectivity index (χ4n) is 2.00. The molecule has 0 radical (unpaired) electrons. The number of hydrogen-bond donors (Lipinski definition) is 2. The molecule has 20 heavy (non-hydrogen) atoms. The van der Waals surface area contributed by atoms with Gasteiger partial charge in [0, 0.05) is 13.0 Å². The number of aliphatic hydroxyl groups is 1. The van der Waals surface area contributed by atoms with Gasteiger partial charge >= 0.3 is 0 Å². The maximum atomic E-state index is 11.9. The predicted molar refractivity (Wildman–Crippen MR) is 76.4 cm³/mol. The molecule has 0 spiro atoms. The van der Waals surface area contributed by atoms with E-state index >= 15 is 0 Å². The summed E-state index contributed by atoms with van der Waals surface area (Å²) in [7, 11) is 0. The summed E-state index contributed by atoms with van der Waals surface area (Å²) in [5, 5.41) is 16.2. The van der Waals surface area contributed by atoms with Gasteiger partial charge in [0.25, 0.3) is 5.91 Å². The van der Waals surface area contributed by atoms with Crippen molar-refractivity contribution >= 4 is 11.6 Å². The highest BCUT2D eigenvalue weighted by Crippen LogP contribution is 2.16. The lowest BCUT2D eigenvalue weighted by Crippen LogP contribution is -2.36. The molecule has 0 saturated carbocycles. The van der Waals surface area contributed by atoms with E-state index < -0.39 is 6.10 Å². The third kappa shape index (κ3) is 3.81. The second-order valence-corrected chi connectivity index (χ2v) is 4.84. The van der Waals surface area contributed by atoms with Gasteiger partial charge in [0.1, 0.15) is 0 Å². The Morgan fingerprint density at radius 2 is 2.25 bits per heavy atom. The van der Waals surface area contributed by atoms with Crippen molar-refractivity contribution in [1.29, 1.82) is 0 Å². The summed E-state index contributed by atoms with van der Waals surface area (Å²) in [6, 6.07) is 9.68. The molecule has 1 heterocycles. The van der Waals surface area contributed by atoms with Gasteiger partial charge in [-0.2, -0.15) is 0 Å². The molecule has 5 nitrogen and oxygen atoms in total. The van der Waals surface area contributed by atoms with Crippen LogP contribution in [0, 0.1) is 0 Å². The van der Waals surface area contributed by atoms with Gasteiger partial charge in [0.05, 0.1) is 11.8 Å². The molecule has 0 aliphatic carbocycles. The topological polar surface area (TPSA) is 70.9 Å². The van der Waals surface area contributed by atoms with Crippen LogP contribution < -0.4 is 5.32 Å². The second kappa shape index (κ2) is 7.05. The molecule has 2 atom stereocenters. The molecule has 5 heteroatoms. The van der Waals surface area contributed by atoms with Gasteiger partial charge in [-0.05, 0) is 18.4 Å². The lowest BCUT2D eigenvalue weighted by molar-refractivity contribution is -0.131. The van der Waals surface area contributed by atoms with E-state index in [1.54, 1.807) is 0 Å². The number of rotatable bonds is 6. The molecule has 0 saturated heterocycles. The smallest absolute Gasteiger partial charge is 0.264 e. The minimum absolute atomic E-state index is 0.178. The van der Waals surface area contributed by atoms with Crippen LogP contribution in [0.2, 0.25) is 0 Å². The first-order valence-corrected chi connectivity index (χ1v) is 6.94. The maximum Gasteiger partial charge on any atom is 0.264 e. The van der Waals surface area contributed by atoms with Crippen molar-refractivity contribution in [2.45, 2.75) is 38.4 Å². The van der Waals surface area contributed by atoms with Crippen LogP contribution >= 0.6 is 0 Å². The summed E-state index contributed by atoms with van der Waals surface area (Å²) in [4.78, 5) is 17.1. The van der Waals surface area contributed by atoms with Crippen LogP contribution in [0.3, 0.4) is 0 Å². The monoisotopic (exact) mass is 276 g/mol. The van der Waals surface area contributed by atoms with Crippen LogP contribution in [0.5, 0.6) is 0 Å². The number of benzene rings is 1. The Morgan fingerprint density at radius 3 is 2.95 bits per heavy atom. The van der Waals surface area contributed by atoms with Crippen molar-refractivity contribution in [2.75, 3.05) is 6.54 Å². The van der Waals surface area contributed by atoms with Crippen LogP contribution in [0.15, 0.2) is 35.5 Å². The zero-order valence-corrected chi connectivity index (χ0v) is 11.6. The highest BCUT2D eigenvalue weighted by atomic mass is 16.6. The standard InChI is InChI=1S/C15H20N2O3/c1-2-12(18)8-9-16-15(19)14-10-13(17-20-14)11-6-4-3-5-7-11/h3-7,12,14,18H,2,8-10H2,1H3,(H,16,19). The van der Waals surface area contributed by atoms with Gasteiger partial charge in [-0.3, -0.25) is 4.79 Å². The number of nitrogens with one attached hydrogen (secondary N) is 1. The highest BCUT2D eigenvalue weighted by molar-refractivity contribution is 6.04. The molecule has 0 aromatic heterocycles. The van der Waals surface area contributed by atoms with Gasteiger partial charge in [-0.25, -0.2) is 0 Å². The highest BCUT2D eigenvalue weighted by Gasteiger charge is 2.28.